The minimum absolute atomic E-state index is 0.208. The van der Waals surface area contributed by atoms with Gasteiger partial charge in [-0.3, -0.25) is 9.59 Å². The van der Waals surface area contributed by atoms with Crippen molar-refractivity contribution in [2.75, 3.05) is 19.7 Å². The van der Waals surface area contributed by atoms with E-state index in [2.05, 4.69) is 4.98 Å². The van der Waals surface area contributed by atoms with Gasteiger partial charge in [0.25, 0.3) is 11.5 Å². The molecule has 0 saturated carbocycles. The quantitative estimate of drug-likeness (QED) is 0.642. The van der Waals surface area contributed by atoms with Crippen molar-refractivity contribution in [2.45, 2.75) is 24.9 Å². The molecule has 4 heterocycles. The van der Waals surface area contributed by atoms with Gasteiger partial charge < -0.3 is 14.2 Å². The number of carbonyl (C=O) groups excluding carboxylic acids is 1. The predicted octanol–water partition coefficient (Wildman–Crippen LogP) is 2.55. The topological polar surface area (TPSA) is 77.3 Å². The van der Waals surface area contributed by atoms with Crippen molar-refractivity contribution < 1.29 is 9.53 Å². The first-order chi connectivity index (χ1) is 15.1. The molecule has 0 radical (unpaired) electrons. The Balaban J connectivity index is 1.41. The van der Waals surface area contributed by atoms with E-state index in [-0.39, 0.29) is 17.0 Å². The fourth-order valence-corrected chi connectivity index (χ4v) is 4.52. The van der Waals surface area contributed by atoms with Gasteiger partial charge in [-0.15, -0.1) is 0 Å². The number of hydrogen-bond acceptors (Lipinski definition) is 5. The molecule has 7 heteroatoms. The molecule has 158 valence electrons. The van der Waals surface area contributed by atoms with Crippen molar-refractivity contribution in [3.8, 4) is 11.4 Å². The molecule has 1 fully saturated rings. The van der Waals surface area contributed by atoms with Crippen molar-refractivity contribution >= 4 is 5.91 Å². The number of piperidine rings is 1. The summed E-state index contributed by atoms with van der Waals surface area (Å²) in [6.07, 6.45) is 5.64. The van der Waals surface area contributed by atoms with Crippen molar-refractivity contribution in [1.82, 2.24) is 19.4 Å². The second-order valence-corrected chi connectivity index (χ2v) is 8.16. The molecule has 2 aliphatic heterocycles. The zero-order chi connectivity index (χ0) is 21.4. The van der Waals surface area contributed by atoms with Crippen LogP contribution in [0.15, 0.2) is 59.7 Å². The van der Waals surface area contributed by atoms with Crippen molar-refractivity contribution in [3.05, 3.63) is 82.0 Å². The maximum absolute atomic E-state index is 13.0. The fourth-order valence-electron chi connectivity index (χ4n) is 4.52. The summed E-state index contributed by atoms with van der Waals surface area (Å²) in [6, 6.07) is 13.2. The first-order valence-electron chi connectivity index (χ1n) is 10.6. The lowest BCUT2D eigenvalue weighted by Gasteiger charge is -2.44. The minimum atomic E-state index is -0.515. The molecule has 7 nitrogen and oxygen atoms in total. The zero-order valence-electron chi connectivity index (χ0n) is 17.5. The maximum Gasteiger partial charge on any atom is 0.263 e. The largest absolute Gasteiger partial charge is 0.368 e. The summed E-state index contributed by atoms with van der Waals surface area (Å²) in [6.45, 7) is 1.65. The van der Waals surface area contributed by atoms with Crippen molar-refractivity contribution in [2.24, 2.45) is 7.05 Å². The van der Waals surface area contributed by atoms with Gasteiger partial charge in [0.05, 0.1) is 12.3 Å². The third-order valence-electron chi connectivity index (χ3n) is 6.29. The van der Waals surface area contributed by atoms with Crippen LogP contribution in [0.4, 0.5) is 0 Å². The zero-order valence-corrected chi connectivity index (χ0v) is 17.5. The standard InChI is InChI=1S/C24H24N4O3/c1-27-12-5-8-19(22(27)29)23(30)28-13-10-24(11-14-28)20-18(9-15-31-24)16-25-21(26-20)17-6-3-2-4-7-17/h2-8,12,16H,9-11,13-15H2,1H3. The Morgan fingerprint density at radius 3 is 2.65 bits per heavy atom. The third kappa shape index (κ3) is 3.45. The molecule has 3 aromatic rings. The minimum Gasteiger partial charge on any atom is -0.368 e. The number of likely N-dealkylation sites (tertiary alicyclic amines) is 1. The van der Waals surface area contributed by atoms with Crippen LogP contribution in [-0.2, 0) is 23.8 Å². The van der Waals surface area contributed by atoms with Gasteiger partial charge in [0.1, 0.15) is 11.2 Å². The predicted molar refractivity (Wildman–Crippen MR) is 116 cm³/mol. The molecule has 0 N–H and O–H groups in total. The van der Waals surface area contributed by atoms with Crippen LogP contribution in [-0.4, -0.2) is 45.0 Å². The Kier molecular flexibility index (Phi) is 4.90. The lowest BCUT2D eigenvalue weighted by molar-refractivity contribution is -0.0967. The number of aromatic nitrogens is 3. The van der Waals surface area contributed by atoms with Crippen LogP contribution in [0.1, 0.15) is 34.5 Å². The summed E-state index contributed by atoms with van der Waals surface area (Å²) in [4.78, 5) is 36.6. The van der Waals surface area contributed by atoms with Crippen LogP contribution < -0.4 is 5.56 Å². The molecule has 0 unspecified atom stereocenters. The normalized spacial score (nSPS) is 17.4. The lowest BCUT2D eigenvalue weighted by Crippen LogP contribution is -2.49. The molecule has 0 bridgehead atoms. The van der Waals surface area contributed by atoms with Gasteiger partial charge in [0, 0.05) is 38.1 Å². The SMILES string of the molecule is Cn1cccc(C(=O)N2CCC3(CC2)OCCc2cnc(-c4ccccc4)nc23)c1=O. The smallest absolute Gasteiger partial charge is 0.263 e. The Bertz CT molecular complexity index is 1180. The Labute approximate surface area is 180 Å². The summed E-state index contributed by atoms with van der Waals surface area (Å²) in [5, 5.41) is 0. The highest BCUT2D eigenvalue weighted by Crippen LogP contribution is 2.41. The van der Waals surface area contributed by atoms with Crippen LogP contribution in [0.5, 0.6) is 0 Å². The van der Waals surface area contributed by atoms with E-state index in [1.165, 1.54) is 4.57 Å². The van der Waals surface area contributed by atoms with Crippen LogP contribution >= 0.6 is 0 Å². The van der Waals surface area contributed by atoms with E-state index < -0.39 is 5.60 Å². The van der Waals surface area contributed by atoms with Crippen LogP contribution in [0.3, 0.4) is 0 Å². The number of ether oxygens (including phenoxy) is 1. The Morgan fingerprint density at radius 2 is 1.87 bits per heavy atom. The van der Waals surface area contributed by atoms with E-state index in [0.29, 0.717) is 38.4 Å². The van der Waals surface area contributed by atoms with Gasteiger partial charge >= 0.3 is 0 Å². The van der Waals surface area contributed by atoms with Crippen molar-refractivity contribution in [1.29, 1.82) is 0 Å². The average molecular weight is 416 g/mol. The number of pyridine rings is 1. The molecular formula is C24H24N4O3. The molecule has 5 rings (SSSR count). The second kappa shape index (κ2) is 7.74. The van der Waals surface area contributed by atoms with E-state index in [4.69, 9.17) is 9.72 Å². The van der Waals surface area contributed by atoms with E-state index in [1.807, 2.05) is 36.5 Å². The second-order valence-electron chi connectivity index (χ2n) is 8.16. The molecule has 1 spiro atoms. The monoisotopic (exact) mass is 416 g/mol. The molecule has 2 aliphatic rings. The molecule has 1 aromatic carbocycles. The van der Waals surface area contributed by atoms with E-state index in [0.717, 1.165) is 23.2 Å². The first-order valence-corrected chi connectivity index (χ1v) is 10.6. The van der Waals surface area contributed by atoms with Gasteiger partial charge in [-0.25, -0.2) is 9.97 Å². The number of aryl methyl sites for hydroxylation is 1. The number of hydrogen-bond donors (Lipinski definition) is 0. The highest BCUT2D eigenvalue weighted by molar-refractivity contribution is 5.93. The number of rotatable bonds is 2. The number of fused-ring (bicyclic) bond motifs is 2. The van der Waals surface area contributed by atoms with Crippen molar-refractivity contribution in [3.63, 3.8) is 0 Å². The van der Waals surface area contributed by atoms with Gasteiger partial charge in [0.15, 0.2) is 5.82 Å². The highest BCUT2D eigenvalue weighted by atomic mass is 16.5. The molecule has 0 aliphatic carbocycles. The van der Waals surface area contributed by atoms with Crippen LogP contribution in [0.2, 0.25) is 0 Å². The number of amides is 1. The summed E-state index contributed by atoms with van der Waals surface area (Å²) < 4.78 is 7.74. The van der Waals surface area contributed by atoms with E-state index in [9.17, 15) is 9.59 Å². The molecule has 1 saturated heterocycles. The third-order valence-corrected chi connectivity index (χ3v) is 6.29. The number of nitrogens with zero attached hydrogens (tertiary/aromatic N) is 4. The van der Waals surface area contributed by atoms with Gasteiger partial charge in [-0.05, 0) is 37.0 Å². The molecule has 0 atom stereocenters. The summed E-state index contributed by atoms with van der Waals surface area (Å²) in [5.41, 5.74) is 2.45. The summed E-state index contributed by atoms with van der Waals surface area (Å²) in [5.74, 6) is 0.468. The van der Waals surface area contributed by atoms with Gasteiger partial charge in [0.2, 0.25) is 0 Å². The summed E-state index contributed by atoms with van der Waals surface area (Å²) >= 11 is 0. The maximum atomic E-state index is 13.0. The first kappa shape index (κ1) is 19.6. The molecular weight excluding hydrogens is 392 g/mol. The van der Waals surface area contributed by atoms with Gasteiger partial charge in [-0.2, -0.15) is 0 Å². The molecule has 1 amide bonds. The summed E-state index contributed by atoms with van der Waals surface area (Å²) in [7, 11) is 1.65. The van der Waals surface area contributed by atoms with E-state index >= 15 is 0 Å². The molecule has 2 aromatic heterocycles. The highest BCUT2D eigenvalue weighted by Gasteiger charge is 2.43. The number of carbonyl (C=O) groups is 1. The molecule has 31 heavy (non-hydrogen) atoms. The number of benzene rings is 1. The Morgan fingerprint density at radius 1 is 1.10 bits per heavy atom. The lowest BCUT2D eigenvalue weighted by atomic mass is 9.83. The fraction of sp³-hybridized carbons (Fsp3) is 0.333. The Hall–Kier alpha value is -3.32. The van der Waals surface area contributed by atoms with E-state index in [1.54, 1.807) is 30.3 Å². The van der Waals surface area contributed by atoms with Crippen LogP contribution in [0, 0.1) is 0 Å². The van der Waals surface area contributed by atoms with Gasteiger partial charge in [-0.1, -0.05) is 30.3 Å². The van der Waals surface area contributed by atoms with Crippen LogP contribution in [0.25, 0.3) is 11.4 Å². The average Bonchev–Trinajstić information content (AvgIpc) is 2.82.